The molecule has 0 aliphatic carbocycles. The lowest BCUT2D eigenvalue weighted by Gasteiger charge is -2.16. The van der Waals surface area contributed by atoms with Crippen LogP contribution in [0.3, 0.4) is 0 Å². The van der Waals surface area contributed by atoms with Crippen LogP contribution in [0, 0.1) is 17.8 Å². The summed E-state index contributed by atoms with van der Waals surface area (Å²) in [6.45, 7) is 3.10. The lowest BCUT2D eigenvalue weighted by molar-refractivity contribution is 0.350. The SMILES string of the molecule is CCCC1CCN(S(=O)(=O)c2cccc(C#CCO)c2)C1. The lowest BCUT2D eigenvalue weighted by atomic mass is 10.0. The van der Waals surface area contributed by atoms with Gasteiger partial charge in [-0.2, -0.15) is 4.31 Å². The zero-order valence-electron chi connectivity index (χ0n) is 12.2. The number of rotatable bonds is 4. The molecule has 1 aromatic carbocycles. The third-order valence-corrected chi connectivity index (χ3v) is 5.59. The Morgan fingerprint density at radius 3 is 2.95 bits per heavy atom. The van der Waals surface area contributed by atoms with Crippen LogP contribution in [0.25, 0.3) is 0 Å². The Balaban J connectivity index is 2.20. The molecule has 21 heavy (non-hydrogen) atoms. The van der Waals surface area contributed by atoms with Crippen LogP contribution in [0.2, 0.25) is 0 Å². The van der Waals surface area contributed by atoms with E-state index >= 15 is 0 Å². The monoisotopic (exact) mass is 307 g/mol. The molecular weight excluding hydrogens is 286 g/mol. The van der Waals surface area contributed by atoms with Crippen LogP contribution in [0.4, 0.5) is 0 Å². The molecule has 1 N–H and O–H groups in total. The molecular formula is C16H21NO3S. The molecule has 1 saturated heterocycles. The Morgan fingerprint density at radius 2 is 2.24 bits per heavy atom. The summed E-state index contributed by atoms with van der Waals surface area (Å²) in [4.78, 5) is 0.282. The summed E-state index contributed by atoms with van der Waals surface area (Å²) >= 11 is 0. The number of hydrogen-bond acceptors (Lipinski definition) is 3. The molecule has 0 aromatic heterocycles. The molecule has 114 valence electrons. The molecule has 1 aromatic rings. The highest BCUT2D eigenvalue weighted by atomic mass is 32.2. The van der Waals surface area contributed by atoms with Gasteiger partial charge in [-0.25, -0.2) is 8.42 Å². The van der Waals surface area contributed by atoms with Gasteiger partial charge in [-0.15, -0.1) is 0 Å². The minimum absolute atomic E-state index is 0.234. The second-order valence-electron chi connectivity index (χ2n) is 5.29. The van der Waals surface area contributed by atoms with Crippen molar-refractivity contribution in [3.8, 4) is 11.8 Å². The van der Waals surface area contributed by atoms with Crippen molar-refractivity contribution in [2.45, 2.75) is 31.1 Å². The smallest absolute Gasteiger partial charge is 0.243 e. The standard InChI is InChI=1S/C16H21NO3S/c1-2-5-15-9-10-17(13-15)21(19,20)16-8-3-6-14(12-16)7-4-11-18/h3,6,8,12,15,18H,2,5,9-11,13H2,1H3. The maximum atomic E-state index is 12.6. The zero-order valence-corrected chi connectivity index (χ0v) is 13.1. The van der Waals surface area contributed by atoms with E-state index < -0.39 is 10.0 Å². The van der Waals surface area contributed by atoms with E-state index in [1.165, 1.54) is 0 Å². The average molecular weight is 307 g/mol. The van der Waals surface area contributed by atoms with Crippen LogP contribution in [0.15, 0.2) is 29.2 Å². The van der Waals surface area contributed by atoms with E-state index in [1.54, 1.807) is 28.6 Å². The number of aliphatic hydroxyl groups is 1. The van der Waals surface area contributed by atoms with Crippen molar-refractivity contribution in [1.29, 1.82) is 0 Å². The van der Waals surface area contributed by atoms with Crippen LogP contribution in [0.1, 0.15) is 31.7 Å². The molecule has 2 rings (SSSR count). The third kappa shape index (κ3) is 3.85. The van der Waals surface area contributed by atoms with Crippen molar-refractivity contribution >= 4 is 10.0 Å². The van der Waals surface area contributed by atoms with Crippen molar-refractivity contribution in [2.24, 2.45) is 5.92 Å². The molecule has 0 bridgehead atoms. The number of sulfonamides is 1. The number of benzene rings is 1. The lowest BCUT2D eigenvalue weighted by Crippen LogP contribution is -2.28. The molecule has 1 aliphatic heterocycles. The predicted molar refractivity (Wildman–Crippen MR) is 82.2 cm³/mol. The number of aliphatic hydroxyl groups excluding tert-OH is 1. The molecule has 0 amide bonds. The first-order chi connectivity index (χ1) is 10.1. The van der Waals surface area contributed by atoms with Crippen LogP contribution >= 0.6 is 0 Å². The van der Waals surface area contributed by atoms with Gasteiger partial charge in [0.1, 0.15) is 6.61 Å². The van der Waals surface area contributed by atoms with Crippen LogP contribution in [-0.4, -0.2) is 37.5 Å². The Kier molecular flexibility index (Phi) is 5.40. The first-order valence-corrected chi connectivity index (χ1v) is 8.72. The molecule has 4 nitrogen and oxygen atoms in total. The predicted octanol–water partition coefficient (Wildman–Crippen LogP) is 1.84. The maximum Gasteiger partial charge on any atom is 0.243 e. The van der Waals surface area contributed by atoms with Gasteiger partial charge >= 0.3 is 0 Å². The highest BCUT2D eigenvalue weighted by Gasteiger charge is 2.31. The quantitative estimate of drug-likeness (QED) is 0.864. The average Bonchev–Trinajstić information content (AvgIpc) is 2.95. The van der Waals surface area contributed by atoms with Crippen molar-refractivity contribution in [1.82, 2.24) is 4.31 Å². The van der Waals surface area contributed by atoms with E-state index in [-0.39, 0.29) is 11.5 Å². The number of nitrogens with zero attached hydrogens (tertiary/aromatic N) is 1. The highest BCUT2D eigenvalue weighted by Crippen LogP contribution is 2.27. The molecule has 0 saturated carbocycles. The van der Waals surface area contributed by atoms with Crippen molar-refractivity contribution < 1.29 is 13.5 Å². The number of hydrogen-bond donors (Lipinski definition) is 1. The summed E-state index contributed by atoms with van der Waals surface area (Å²) < 4.78 is 26.9. The molecule has 0 spiro atoms. The molecule has 1 atom stereocenters. The van der Waals surface area contributed by atoms with Gasteiger partial charge < -0.3 is 5.11 Å². The zero-order chi connectivity index (χ0) is 15.3. The van der Waals surface area contributed by atoms with Crippen molar-refractivity contribution in [3.05, 3.63) is 29.8 Å². The van der Waals surface area contributed by atoms with Gasteiger partial charge in [0, 0.05) is 18.7 Å². The highest BCUT2D eigenvalue weighted by molar-refractivity contribution is 7.89. The van der Waals surface area contributed by atoms with Gasteiger partial charge in [-0.3, -0.25) is 0 Å². The van der Waals surface area contributed by atoms with Crippen LogP contribution in [-0.2, 0) is 10.0 Å². The Hall–Kier alpha value is -1.35. The van der Waals surface area contributed by atoms with E-state index in [0.29, 0.717) is 24.6 Å². The minimum atomic E-state index is -3.43. The van der Waals surface area contributed by atoms with Crippen LogP contribution < -0.4 is 0 Å². The largest absolute Gasteiger partial charge is 0.384 e. The van der Waals surface area contributed by atoms with Crippen LogP contribution in [0.5, 0.6) is 0 Å². The Morgan fingerprint density at radius 1 is 1.43 bits per heavy atom. The Labute approximate surface area is 126 Å². The topological polar surface area (TPSA) is 57.6 Å². The molecule has 1 aliphatic rings. The second-order valence-corrected chi connectivity index (χ2v) is 7.23. The summed E-state index contributed by atoms with van der Waals surface area (Å²) in [5.41, 5.74) is 0.606. The van der Waals surface area contributed by atoms with Gasteiger partial charge in [-0.1, -0.05) is 31.3 Å². The minimum Gasteiger partial charge on any atom is -0.384 e. The fourth-order valence-corrected chi connectivity index (χ4v) is 4.26. The van der Waals surface area contributed by atoms with Crippen molar-refractivity contribution in [3.63, 3.8) is 0 Å². The summed E-state index contributed by atoms with van der Waals surface area (Å²) in [5.74, 6) is 5.75. The summed E-state index contributed by atoms with van der Waals surface area (Å²) in [5, 5.41) is 8.71. The first-order valence-electron chi connectivity index (χ1n) is 7.28. The van der Waals surface area contributed by atoms with E-state index in [0.717, 1.165) is 19.3 Å². The fourth-order valence-electron chi connectivity index (χ4n) is 2.68. The van der Waals surface area contributed by atoms with Gasteiger partial charge in [0.05, 0.1) is 4.90 Å². The maximum absolute atomic E-state index is 12.6. The summed E-state index contributed by atoms with van der Waals surface area (Å²) in [7, 11) is -3.43. The molecule has 1 unspecified atom stereocenters. The molecule has 0 radical (unpaired) electrons. The third-order valence-electron chi connectivity index (χ3n) is 3.73. The van der Waals surface area contributed by atoms with Gasteiger partial charge in [0.25, 0.3) is 0 Å². The summed E-state index contributed by atoms with van der Waals surface area (Å²) in [6.07, 6.45) is 3.11. The van der Waals surface area contributed by atoms with E-state index in [4.69, 9.17) is 5.11 Å². The van der Waals surface area contributed by atoms with E-state index in [1.807, 2.05) is 0 Å². The van der Waals surface area contributed by atoms with Gasteiger partial charge in [-0.05, 0) is 37.0 Å². The summed E-state index contributed by atoms with van der Waals surface area (Å²) in [6, 6.07) is 6.61. The molecule has 5 heteroatoms. The second kappa shape index (κ2) is 7.08. The molecule has 1 heterocycles. The molecule has 1 fully saturated rings. The van der Waals surface area contributed by atoms with E-state index in [9.17, 15) is 8.42 Å². The normalized spacial score (nSPS) is 19.2. The van der Waals surface area contributed by atoms with Gasteiger partial charge in [0.15, 0.2) is 0 Å². The van der Waals surface area contributed by atoms with Gasteiger partial charge in [0.2, 0.25) is 10.0 Å². The first kappa shape index (κ1) is 16.0. The van der Waals surface area contributed by atoms with E-state index in [2.05, 4.69) is 18.8 Å². The fraction of sp³-hybridized carbons (Fsp3) is 0.500. The Bertz CT molecular complexity index is 643. The van der Waals surface area contributed by atoms with Crippen molar-refractivity contribution in [2.75, 3.05) is 19.7 Å².